The van der Waals surface area contributed by atoms with Crippen LogP contribution in [0.1, 0.15) is 5.56 Å². The molecule has 4 aromatic rings. The lowest BCUT2D eigenvalue weighted by molar-refractivity contribution is -0.400. The van der Waals surface area contributed by atoms with Crippen LogP contribution in [0.3, 0.4) is 0 Å². The summed E-state index contributed by atoms with van der Waals surface area (Å²) in [6.07, 6.45) is -0.0363. The molecule has 1 heterocycles. The molecule has 0 radical (unpaired) electrons. The van der Waals surface area contributed by atoms with Gasteiger partial charge in [-0.3, -0.25) is 14.9 Å². The van der Waals surface area contributed by atoms with E-state index in [4.69, 9.17) is 9.52 Å². The van der Waals surface area contributed by atoms with Crippen LogP contribution in [0.15, 0.2) is 77.2 Å². The predicted octanol–water partition coefficient (Wildman–Crippen LogP) is 5.30. The van der Waals surface area contributed by atoms with E-state index in [1.807, 2.05) is 54.6 Å². The molecule has 0 spiro atoms. The van der Waals surface area contributed by atoms with Gasteiger partial charge in [0.1, 0.15) is 16.1 Å². The minimum absolute atomic E-state index is 0.0363. The molecule has 0 saturated carbocycles. The Kier molecular flexibility index (Phi) is 4.37. The zero-order valence-electron chi connectivity index (χ0n) is 14.7. The van der Waals surface area contributed by atoms with Crippen molar-refractivity contribution in [3.8, 4) is 22.3 Å². The molecule has 0 fully saturated rings. The van der Waals surface area contributed by atoms with Crippen LogP contribution in [0.25, 0.3) is 33.2 Å². The van der Waals surface area contributed by atoms with E-state index in [-0.39, 0.29) is 12.3 Å². The monoisotopic (exact) mass is 373 g/mol. The lowest BCUT2D eigenvalue weighted by Crippen LogP contribution is -1.99. The van der Waals surface area contributed by atoms with Crippen LogP contribution in [-0.2, 0) is 11.2 Å². The first-order valence-electron chi connectivity index (χ1n) is 8.60. The lowest BCUT2D eigenvalue weighted by atomic mass is 9.98. The van der Waals surface area contributed by atoms with Gasteiger partial charge in [-0.2, -0.15) is 0 Å². The molecule has 6 nitrogen and oxygen atoms in total. The van der Waals surface area contributed by atoms with Gasteiger partial charge in [0.15, 0.2) is 0 Å². The molecular formula is C22H15NO5. The number of nitrogens with zero attached hydrogens (tertiary/aromatic N) is 1. The van der Waals surface area contributed by atoms with Crippen LogP contribution in [-0.4, -0.2) is 16.0 Å². The molecule has 0 unspecified atom stereocenters. The second-order valence-electron chi connectivity index (χ2n) is 6.38. The summed E-state index contributed by atoms with van der Waals surface area (Å²) >= 11 is 0. The summed E-state index contributed by atoms with van der Waals surface area (Å²) < 4.78 is 5.50. The molecule has 0 aliphatic rings. The number of aliphatic carboxylic acids is 1. The van der Waals surface area contributed by atoms with Crippen molar-refractivity contribution in [3.05, 3.63) is 88.5 Å². The molecule has 6 heteroatoms. The minimum Gasteiger partial charge on any atom is -0.481 e. The van der Waals surface area contributed by atoms with Gasteiger partial charge >= 0.3 is 11.9 Å². The molecular weight excluding hydrogens is 358 g/mol. The zero-order valence-corrected chi connectivity index (χ0v) is 14.7. The Labute approximate surface area is 159 Å². The minimum atomic E-state index is -0.882. The van der Waals surface area contributed by atoms with E-state index >= 15 is 0 Å². The van der Waals surface area contributed by atoms with Crippen LogP contribution in [0.2, 0.25) is 0 Å². The number of furan rings is 1. The van der Waals surface area contributed by atoms with Crippen molar-refractivity contribution < 1.29 is 19.2 Å². The van der Waals surface area contributed by atoms with Crippen molar-refractivity contribution in [1.29, 1.82) is 0 Å². The highest BCUT2D eigenvalue weighted by atomic mass is 16.6. The van der Waals surface area contributed by atoms with Crippen molar-refractivity contribution in [2.24, 2.45) is 0 Å². The summed E-state index contributed by atoms with van der Waals surface area (Å²) in [5, 5.41) is 21.1. The zero-order chi connectivity index (χ0) is 19.7. The molecule has 0 aliphatic carbocycles. The first kappa shape index (κ1) is 17.5. The molecule has 4 rings (SSSR count). The highest BCUT2D eigenvalue weighted by Gasteiger charge is 2.25. The van der Waals surface area contributed by atoms with Gasteiger partial charge in [-0.1, -0.05) is 60.7 Å². The molecule has 3 aromatic carbocycles. The highest BCUT2D eigenvalue weighted by molar-refractivity contribution is 6.00. The number of hydrogen-bond acceptors (Lipinski definition) is 4. The van der Waals surface area contributed by atoms with Gasteiger partial charge in [0.2, 0.25) is 0 Å². The fraction of sp³-hybridized carbons (Fsp3) is 0.0455. The summed E-state index contributed by atoms with van der Waals surface area (Å²) in [7, 11) is 0. The van der Waals surface area contributed by atoms with E-state index in [0.717, 1.165) is 11.1 Å². The second-order valence-corrected chi connectivity index (χ2v) is 6.38. The Morgan fingerprint density at radius 3 is 2.25 bits per heavy atom. The Morgan fingerprint density at radius 1 is 0.929 bits per heavy atom. The molecule has 0 aliphatic heterocycles. The summed E-state index contributed by atoms with van der Waals surface area (Å²) in [4.78, 5) is 21.8. The van der Waals surface area contributed by atoms with Crippen molar-refractivity contribution in [2.75, 3.05) is 0 Å². The number of rotatable bonds is 5. The van der Waals surface area contributed by atoms with E-state index in [1.165, 1.54) is 0 Å². The van der Waals surface area contributed by atoms with Gasteiger partial charge in [0.25, 0.3) is 0 Å². The number of carboxylic acid groups (broad SMARTS) is 1. The van der Waals surface area contributed by atoms with E-state index < -0.39 is 10.9 Å². The predicted molar refractivity (Wildman–Crippen MR) is 105 cm³/mol. The second kappa shape index (κ2) is 7.00. The smallest absolute Gasteiger partial charge is 0.442 e. The Hall–Kier alpha value is -3.93. The summed E-state index contributed by atoms with van der Waals surface area (Å²) in [6, 6.07) is 21.7. The number of fused-ring (bicyclic) bond motifs is 1. The maximum atomic E-state index is 11.5. The quantitative estimate of drug-likeness (QED) is 0.378. The van der Waals surface area contributed by atoms with Gasteiger partial charge in [0.05, 0.1) is 6.42 Å². The summed E-state index contributed by atoms with van der Waals surface area (Å²) in [5.41, 5.74) is 4.06. The maximum absolute atomic E-state index is 11.5. The largest absolute Gasteiger partial charge is 0.481 e. The first-order valence-corrected chi connectivity index (χ1v) is 8.60. The van der Waals surface area contributed by atoms with Crippen LogP contribution in [0.5, 0.6) is 0 Å². The van der Waals surface area contributed by atoms with Gasteiger partial charge in [-0.05, 0) is 34.4 Å². The number of hydrogen-bond donors (Lipinski definition) is 1. The Bertz CT molecular complexity index is 1180. The molecule has 0 saturated heterocycles. The van der Waals surface area contributed by atoms with E-state index in [2.05, 4.69) is 0 Å². The number of carbonyl (C=O) groups is 1. The molecule has 0 bridgehead atoms. The standard InChI is InChI=1S/C22H15NO5/c24-20(25)12-14-6-8-15(9-7-14)17-10-11-19-18(13-17)21(22(28-19)23(26)27)16-4-2-1-3-5-16/h1-11,13H,12H2,(H,24,25). The normalized spacial score (nSPS) is 10.9. The van der Waals surface area contributed by atoms with Crippen molar-refractivity contribution >= 4 is 22.8 Å². The van der Waals surface area contributed by atoms with Gasteiger partial charge in [-0.15, -0.1) is 0 Å². The van der Waals surface area contributed by atoms with Crippen molar-refractivity contribution in [3.63, 3.8) is 0 Å². The van der Waals surface area contributed by atoms with E-state index in [0.29, 0.717) is 27.7 Å². The Balaban J connectivity index is 1.84. The molecule has 0 amide bonds. The Morgan fingerprint density at radius 2 is 1.61 bits per heavy atom. The number of carboxylic acids is 1. The third-order valence-corrected chi connectivity index (χ3v) is 4.54. The molecule has 28 heavy (non-hydrogen) atoms. The van der Waals surface area contributed by atoms with Gasteiger partial charge in [-0.25, -0.2) is 0 Å². The van der Waals surface area contributed by atoms with Crippen LogP contribution >= 0.6 is 0 Å². The fourth-order valence-corrected chi connectivity index (χ4v) is 3.27. The highest BCUT2D eigenvalue weighted by Crippen LogP contribution is 2.41. The van der Waals surface area contributed by atoms with Gasteiger partial charge < -0.3 is 9.52 Å². The van der Waals surface area contributed by atoms with Crippen molar-refractivity contribution in [2.45, 2.75) is 6.42 Å². The number of nitro groups is 1. The summed E-state index contributed by atoms with van der Waals surface area (Å²) in [5.74, 6) is -1.16. The average molecular weight is 373 g/mol. The van der Waals surface area contributed by atoms with E-state index in [9.17, 15) is 14.9 Å². The topological polar surface area (TPSA) is 93.6 Å². The molecule has 1 N–H and O–H groups in total. The summed E-state index contributed by atoms with van der Waals surface area (Å²) in [6.45, 7) is 0. The first-order chi connectivity index (χ1) is 13.5. The average Bonchev–Trinajstić information content (AvgIpc) is 3.08. The fourth-order valence-electron chi connectivity index (χ4n) is 3.27. The molecule has 0 atom stereocenters. The third kappa shape index (κ3) is 3.23. The number of benzene rings is 3. The van der Waals surface area contributed by atoms with Gasteiger partial charge in [0, 0.05) is 5.39 Å². The molecule has 138 valence electrons. The SMILES string of the molecule is O=C(O)Cc1ccc(-c2ccc3oc([N+](=O)[O-])c(-c4ccccc4)c3c2)cc1. The van der Waals surface area contributed by atoms with Crippen LogP contribution in [0, 0.1) is 10.1 Å². The third-order valence-electron chi connectivity index (χ3n) is 4.54. The lowest BCUT2D eigenvalue weighted by Gasteiger charge is -2.04. The van der Waals surface area contributed by atoms with E-state index in [1.54, 1.807) is 18.2 Å². The molecule has 1 aromatic heterocycles. The maximum Gasteiger partial charge on any atom is 0.442 e. The van der Waals surface area contributed by atoms with Crippen LogP contribution < -0.4 is 0 Å². The van der Waals surface area contributed by atoms with Crippen molar-refractivity contribution in [1.82, 2.24) is 0 Å². The van der Waals surface area contributed by atoms with Crippen LogP contribution in [0.4, 0.5) is 5.88 Å².